The Balaban J connectivity index is 2.83. The molecule has 0 unspecified atom stereocenters. The van der Waals surface area contributed by atoms with Crippen molar-refractivity contribution < 1.29 is 0 Å². The van der Waals surface area contributed by atoms with Gasteiger partial charge in [-0.2, -0.15) is 0 Å². The van der Waals surface area contributed by atoms with Crippen LogP contribution in [0.5, 0.6) is 0 Å². The smallest absolute Gasteiger partial charge is 0.00673 e. The predicted molar refractivity (Wildman–Crippen MR) is 63.7 cm³/mol. The molecule has 0 N–H and O–H groups in total. The zero-order valence-corrected chi connectivity index (χ0v) is 9.56. The Morgan fingerprint density at radius 2 is 2.00 bits per heavy atom. The second-order valence-corrected chi connectivity index (χ2v) is 3.89. The highest BCUT2D eigenvalue weighted by Crippen LogP contribution is 2.16. The van der Waals surface area contributed by atoms with E-state index in [-0.39, 0.29) is 0 Å². The Kier molecular flexibility index (Phi) is 3.94. The minimum atomic E-state index is 1.03. The second-order valence-electron chi connectivity index (χ2n) is 3.89. The molecule has 0 saturated heterocycles. The number of allylic oxidation sites excluding steroid dienone is 1. The summed E-state index contributed by atoms with van der Waals surface area (Å²) < 4.78 is 0. The summed E-state index contributed by atoms with van der Waals surface area (Å²) in [4.78, 5) is 0. The van der Waals surface area contributed by atoms with Crippen LogP contribution in [0, 0.1) is 6.92 Å². The van der Waals surface area contributed by atoms with Crippen molar-refractivity contribution in [2.45, 2.75) is 40.0 Å². The normalized spacial score (nSPS) is 10.2. The molecule has 0 saturated carbocycles. The van der Waals surface area contributed by atoms with Gasteiger partial charge in [0.1, 0.15) is 0 Å². The first-order valence-corrected chi connectivity index (χ1v) is 5.42. The van der Waals surface area contributed by atoms with Crippen LogP contribution >= 0.6 is 0 Å². The van der Waals surface area contributed by atoms with Crippen molar-refractivity contribution in [2.75, 3.05) is 0 Å². The molecule has 0 amide bonds. The first-order chi connectivity index (χ1) is 6.67. The molecule has 0 radical (unpaired) electrons. The summed E-state index contributed by atoms with van der Waals surface area (Å²) in [6.07, 6.45) is 3.23. The molecular weight excluding hydrogens is 168 g/mol. The molecule has 0 aliphatic heterocycles. The summed E-state index contributed by atoms with van der Waals surface area (Å²) in [5.74, 6) is 0. The third-order valence-electron chi connectivity index (χ3n) is 2.76. The van der Waals surface area contributed by atoms with Gasteiger partial charge in [-0.1, -0.05) is 44.2 Å². The Hall–Kier alpha value is -1.04. The average molecular weight is 188 g/mol. The molecule has 0 aliphatic carbocycles. The maximum Gasteiger partial charge on any atom is -0.00673 e. The van der Waals surface area contributed by atoms with Gasteiger partial charge in [-0.25, -0.2) is 0 Å². The number of benzene rings is 1. The lowest BCUT2D eigenvalue weighted by atomic mass is 9.98. The number of rotatable bonds is 4. The highest BCUT2D eigenvalue weighted by Gasteiger charge is 2.00. The number of aryl methyl sites for hydroxylation is 2. The lowest BCUT2D eigenvalue weighted by Crippen LogP contribution is -1.93. The van der Waals surface area contributed by atoms with Gasteiger partial charge in [0, 0.05) is 0 Å². The van der Waals surface area contributed by atoms with Crippen LogP contribution in [-0.2, 0) is 12.8 Å². The van der Waals surface area contributed by atoms with Crippen molar-refractivity contribution in [2.24, 2.45) is 0 Å². The third kappa shape index (κ3) is 2.73. The van der Waals surface area contributed by atoms with E-state index >= 15 is 0 Å². The maximum absolute atomic E-state index is 4.05. The molecule has 0 nitrogen and oxygen atoms in total. The standard InChI is InChI=1S/C14H20/c1-5-11(3)9-14-8-7-13(6-2)10-12(14)4/h7-8,10H,3,5-6,9H2,1-2,4H3. The Morgan fingerprint density at radius 3 is 2.50 bits per heavy atom. The van der Waals surface area contributed by atoms with Crippen LogP contribution in [-0.4, -0.2) is 0 Å². The van der Waals surface area contributed by atoms with Gasteiger partial charge in [0.15, 0.2) is 0 Å². The molecule has 1 rings (SSSR count). The zero-order valence-electron chi connectivity index (χ0n) is 9.56. The van der Waals surface area contributed by atoms with Crippen molar-refractivity contribution >= 4 is 0 Å². The van der Waals surface area contributed by atoms with Crippen molar-refractivity contribution in [1.29, 1.82) is 0 Å². The molecule has 0 heterocycles. The van der Waals surface area contributed by atoms with Crippen LogP contribution in [0.15, 0.2) is 30.4 Å². The van der Waals surface area contributed by atoms with Crippen LogP contribution in [0.1, 0.15) is 37.0 Å². The zero-order chi connectivity index (χ0) is 10.6. The summed E-state index contributed by atoms with van der Waals surface area (Å²) in [6, 6.07) is 6.76. The van der Waals surface area contributed by atoms with E-state index in [0.29, 0.717) is 0 Å². The molecule has 0 bridgehead atoms. The van der Waals surface area contributed by atoms with E-state index in [4.69, 9.17) is 0 Å². The average Bonchev–Trinajstić information content (AvgIpc) is 2.20. The topological polar surface area (TPSA) is 0 Å². The van der Waals surface area contributed by atoms with Gasteiger partial charge < -0.3 is 0 Å². The van der Waals surface area contributed by atoms with Gasteiger partial charge in [0.25, 0.3) is 0 Å². The fourth-order valence-corrected chi connectivity index (χ4v) is 1.57. The molecule has 0 spiro atoms. The maximum atomic E-state index is 4.05. The first-order valence-electron chi connectivity index (χ1n) is 5.42. The van der Waals surface area contributed by atoms with Gasteiger partial charge in [0.2, 0.25) is 0 Å². The molecule has 0 aromatic heterocycles. The van der Waals surface area contributed by atoms with Gasteiger partial charge in [-0.15, -0.1) is 0 Å². The van der Waals surface area contributed by atoms with E-state index in [0.717, 1.165) is 19.3 Å². The highest BCUT2D eigenvalue weighted by molar-refractivity contribution is 5.33. The number of hydrogen-bond acceptors (Lipinski definition) is 0. The molecule has 0 heteroatoms. The van der Waals surface area contributed by atoms with E-state index in [9.17, 15) is 0 Å². The molecule has 76 valence electrons. The van der Waals surface area contributed by atoms with Crippen molar-refractivity contribution in [1.82, 2.24) is 0 Å². The highest BCUT2D eigenvalue weighted by atomic mass is 14.1. The molecule has 0 fully saturated rings. The summed E-state index contributed by atoms with van der Waals surface area (Å²) in [7, 11) is 0. The van der Waals surface area contributed by atoms with Gasteiger partial charge in [-0.3, -0.25) is 0 Å². The molecule has 14 heavy (non-hydrogen) atoms. The van der Waals surface area contributed by atoms with E-state index < -0.39 is 0 Å². The fourth-order valence-electron chi connectivity index (χ4n) is 1.57. The summed E-state index contributed by atoms with van der Waals surface area (Å²) in [5.41, 5.74) is 5.57. The van der Waals surface area contributed by atoms with Crippen LogP contribution in [0.4, 0.5) is 0 Å². The van der Waals surface area contributed by atoms with Crippen LogP contribution < -0.4 is 0 Å². The Bertz CT molecular complexity index is 321. The molecular formula is C14H20. The van der Waals surface area contributed by atoms with E-state index in [1.165, 1.54) is 22.3 Å². The number of hydrogen-bond donors (Lipinski definition) is 0. The van der Waals surface area contributed by atoms with Crippen LogP contribution in [0.25, 0.3) is 0 Å². The predicted octanol–water partition coefficient (Wildman–Crippen LogP) is 4.07. The van der Waals surface area contributed by atoms with Gasteiger partial charge in [0.05, 0.1) is 0 Å². The molecule has 1 aromatic rings. The van der Waals surface area contributed by atoms with Crippen molar-refractivity contribution in [3.05, 3.63) is 47.0 Å². The molecule has 1 aromatic carbocycles. The minimum Gasteiger partial charge on any atom is -0.0995 e. The van der Waals surface area contributed by atoms with Crippen molar-refractivity contribution in [3.63, 3.8) is 0 Å². The van der Waals surface area contributed by atoms with E-state index in [1.807, 2.05) is 0 Å². The lowest BCUT2D eigenvalue weighted by Gasteiger charge is -2.08. The summed E-state index contributed by atoms with van der Waals surface area (Å²) in [6.45, 7) is 10.6. The SMILES string of the molecule is C=C(CC)Cc1ccc(CC)cc1C. The molecule has 0 atom stereocenters. The minimum absolute atomic E-state index is 1.03. The summed E-state index contributed by atoms with van der Waals surface area (Å²) >= 11 is 0. The first kappa shape index (κ1) is 11.0. The quantitative estimate of drug-likeness (QED) is 0.625. The van der Waals surface area contributed by atoms with E-state index in [1.54, 1.807) is 0 Å². The summed E-state index contributed by atoms with van der Waals surface area (Å²) in [5, 5.41) is 0. The molecule has 0 aliphatic rings. The Labute approximate surface area is 87.7 Å². The second kappa shape index (κ2) is 4.99. The van der Waals surface area contributed by atoms with Gasteiger partial charge in [-0.05, 0) is 42.9 Å². The fraction of sp³-hybridized carbons (Fsp3) is 0.429. The largest absolute Gasteiger partial charge is 0.0995 e. The van der Waals surface area contributed by atoms with Crippen molar-refractivity contribution in [3.8, 4) is 0 Å². The van der Waals surface area contributed by atoms with E-state index in [2.05, 4.69) is 45.5 Å². The van der Waals surface area contributed by atoms with Crippen LogP contribution in [0.2, 0.25) is 0 Å². The monoisotopic (exact) mass is 188 g/mol. The third-order valence-corrected chi connectivity index (χ3v) is 2.76. The Morgan fingerprint density at radius 1 is 1.29 bits per heavy atom. The lowest BCUT2D eigenvalue weighted by molar-refractivity contribution is 0.998. The van der Waals surface area contributed by atoms with Crippen LogP contribution in [0.3, 0.4) is 0 Å². The van der Waals surface area contributed by atoms with Gasteiger partial charge >= 0.3 is 0 Å².